The highest BCUT2D eigenvalue weighted by Gasteiger charge is 2.13. The van der Waals surface area contributed by atoms with Gasteiger partial charge in [-0.3, -0.25) is 4.72 Å². The lowest BCUT2D eigenvalue weighted by Gasteiger charge is -2.05. The Hall–Kier alpha value is -1.44. The Morgan fingerprint density at radius 2 is 1.89 bits per heavy atom. The van der Waals surface area contributed by atoms with Crippen LogP contribution in [0.5, 0.6) is 0 Å². The summed E-state index contributed by atoms with van der Waals surface area (Å²) in [5.74, 6) is -0.114. The van der Waals surface area contributed by atoms with Gasteiger partial charge in [-0.25, -0.2) is 13.4 Å². The Labute approximate surface area is 116 Å². The minimum Gasteiger partial charge on any atom is -0.392 e. The van der Waals surface area contributed by atoms with E-state index in [9.17, 15) is 8.42 Å². The van der Waals surface area contributed by atoms with Gasteiger partial charge in [0.25, 0.3) is 0 Å². The quantitative estimate of drug-likeness (QED) is 0.883. The number of hydrogen-bond donors (Lipinski definition) is 2. The third-order valence-corrected chi connectivity index (χ3v) is 4.60. The van der Waals surface area contributed by atoms with E-state index < -0.39 is 10.0 Å². The molecule has 0 fully saturated rings. The second-order valence-corrected chi connectivity index (χ2v) is 7.07. The topological polar surface area (TPSA) is 79.3 Å². The molecule has 0 aliphatic heterocycles. The predicted molar refractivity (Wildman–Crippen MR) is 75.5 cm³/mol. The van der Waals surface area contributed by atoms with Crippen molar-refractivity contribution in [2.45, 2.75) is 19.3 Å². The van der Waals surface area contributed by atoms with Crippen LogP contribution in [0.1, 0.15) is 16.0 Å². The van der Waals surface area contributed by atoms with Crippen molar-refractivity contribution in [2.24, 2.45) is 0 Å². The number of aromatic nitrogens is 1. The van der Waals surface area contributed by atoms with Crippen LogP contribution in [0.2, 0.25) is 0 Å². The van der Waals surface area contributed by atoms with Crippen molar-refractivity contribution in [3.05, 3.63) is 46.5 Å². The standard InChI is InChI=1S/C12H14N2O3S2/c1-9-6-13-12(18-9)14-19(16,17)8-11-4-2-10(7-15)3-5-11/h2-6,15H,7-8H2,1H3,(H,13,14). The van der Waals surface area contributed by atoms with Gasteiger partial charge < -0.3 is 5.11 Å². The molecule has 2 aromatic rings. The van der Waals surface area contributed by atoms with Crippen LogP contribution >= 0.6 is 11.3 Å². The third-order valence-electron chi connectivity index (χ3n) is 2.43. The minimum absolute atomic E-state index is 0.0519. The van der Waals surface area contributed by atoms with Crippen LogP contribution in [0.3, 0.4) is 0 Å². The number of aryl methyl sites for hydroxylation is 1. The zero-order valence-corrected chi connectivity index (χ0v) is 12.0. The molecule has 0 bridgehead atoms. The molecule has 1 aromatic heterocycles. The smallest absolute Gasteiger partial charge is 0.238 e. The van der Waals surface area contributed by atoms with Gasteiger partial charge in [-0.1, -0.05) is 24.3 Å². The Morgan fingerprint density at radius 3 is 2.42 bits per heavy atom. The minimum atomic E-state index is -3.46. The molecule has 0 unspecified atom stereocenters. The first-order valence-electron chi connectivity index (χ1n) is 5.60. The SMILES string of the molecule is Cc1cnc(NS(=O)(=O)Cc2ccc(CO)cc2)s1. The molecule has 0 atom stereocenters. The highest BCUT2D eigenvalue weighted by molar-refractivity contribution is 7.92. The molecule has 2 rings (SSSR count). The number of benzene rings is 1. The number of thiazole rings is 1. The summed E-state index contributed by atoms with van der Waals surface area (Å²) in [4.78, 5) is 4.91. The van der Waals surface area contributed by atoms with Gasteiger partial charge in [0.1, 0.15) is 0 Å². The molecule has 0 aliphatic carbocycles. The summed E-state index contributed by atoms with van der Waals surface area (Å²) in [6.07, 6.45) is 1.62. The van der Waals surface area contributed by atoms with Gasteiger partial charge in [0.05, 0.1) is 12.4 Å². The molecule has 0 spiro atoms. The number of aliphatic hydroxyl groups is 1. The van der Waals surface area contributed by atoms with Crippen LogP contribution in [0.4, 0.5) is 5.13 Å². The number of rotatable bonds is 5. The van der Waals surface area contributed by atoms with Gasteiger partial charge in [-0.05, 0) is 18.1 Å². The Balaban J connectivity index is 2.07. The van der Waals surface area contributed by atoms with Crippen LogP contribution < -0.4 is 4.72 Å². The van der Waals surface area contributed by atoms with Gasteiger partial charge in [0.15, 0.2) is 5.13 Å². The van der Waals surface area contributed by atoms with E-state index >= 15 is 0 Å². The van der Waals surface area contributed by atoms with Gasteiger partial charge in [0, 0.05) is 11.1 Å². The highest BCUT2D eigenvalue weighted by Crippen LogP contribution is 2.19. The second-order valence-electron chi connectivity index (χ2n) is 4.11. The summed E-state index contributed by atoms with van der Waals surface area (Å²) < 4.78 is 26.3. The molecule has 0 saturated carbocycles. The lowest BCUT2D eigenvalue weighted by Crippen LogP contribution is -2.14. The van der Waals surface area contributed by atoms with Gasteiger partial charge in [-0.15, -0.1) is 11.3 Å². The van der Waals surface area contributed by atoms with E-state index in [1.165, 1.54) is 11.3 Å². The Bertz CT molecular complexity index is 648. The zero-order valence-electron chi connectivity index (χ0n) is 10.3. The van der Waals surface area contributed by atoms with Crippen molar-refractivity contribution in [2.75, 3.05) is 4.72 Å². The zero-order chi connectivity index (χ0) is 13.9. The van der Waals surface area contributed by atoms with Gasteiger partial charge >= 0.3 is 0 Å². The molecule has 0 aliphatic rings. The molecule has 0 radical (unpaired) electrons. The average Bonchev–Trinajstić information content (AvgIpc) is 2.74. The van der Waals surface area contributed by atoms with Crippen molar-refractivity contribution >= 4 is 26.5 Å². The molecule has 7 heteroatoms. The summed E-state index contributed by atoms with van der Waals surface area (Å²) in [5.41, 5.74) is 1.42. The van der Waals surface area contributed by atoms with E-state index in [0.29, 0.717) is 10.7 Å². The largest absolute Gasteiger partial charge is 0.392 e. The van der Waals surface area contributed by atoms with Crippen LogP contribution in [0.15, 0.2) is 30.5 Å². The van der Waals surface area contributed by atoms with E-state index in [4.69, 9.17) is 5.11 Å². The van der Waals surface area contributed by atoms with Crippen LogP contribution in [0, 0.1) is 6.92 Å². The normalized spacial score (nSPS) is 11.5. The maximum Gasteiger partial charge on any atom is 0.238 e. The molecule has 19 heavy (non-hydrogen) atoms. The van der Waals surface area contributed by atoms with E-state index in [2.05, 4.69) is 9.71 Å². The molecule has 0 saturated heterocycles. The molecular weight excluding hydrogens is 284 g/mol. The fourth-order valence-electron chi connectivity index (χ4n) is 1.53. The molecule has 0 amide bonds. The van der Waals surface area contributed by atoms with Crippen LogP contribution in [-0.2, 0) is 22.4 Å². The van der Waals surface area contributed by atoms with Crippen molar-refractivity contribution in [1.82, 2.24) is 4.98 Å². The first kappa shape index (κ1) is 14.0. The molecular formula is C12H14N2O3S2. The van der Waals surface area contributed by atoms with E-state index in [1.54, 1.807) is 30.5 Å². The monoisotopic (exact) mass is 298 g/mol. The van der Waals surface area contributed by atoms with Crippen molar-refractivity contribution in [1.29, 1.82) is 0 Å². The number of aliphatic hydroxyl groups excluding tert-OH is 1. The van der Waals surface area contributed by atoms with E-state index in [1.807, 2.05) is 6.92 Å². The maximum absolute atomic E-state index is 11.9. The molecule has 1 heterocycles. The van der Waals surface area contributed by atoms with E-state index in [-0.39, 0.29) is 12.4 Å². The summed E-state index contributed by atoms with van der Waals surface area (Å²) >= 11 is 1.30. The lowest BCUT2D eigenvalue weighted by molar-refractivity contribution is 0.282. The maximum atomic E-state index is 11.9. The Kier molecular flexibility index (Phi) is 4.18. The second kappa shape index (κ2) is 5.68. The molecule has 2 N–H and O–H groups in total. The number of nitrogens with one attached hydrogen (secondary N) is 1. The van der Waals surface area contributed by atoms with Crippen LogP contribution in [0.25, 0.3) is 0 Å². The fraction of sp³-hybridized carbons (Fsp3) is 0.250. The first-order valence-corrected chi connectivity index (χ1v) is 8.07. The third kappa shape index (κ3) is 4.02. The predicted octanol–water partition coefficient (Wildman–Crippen LogP) is 1.89. The van der Waals surface area contributed by atoms with E-state index in [0.717, 1.165) is 10.4 Å². The summed E-state index contributed by atoms with van der Waals surface area (Å²) in [5, 5.41) is 9.30. The molecule has 5 nitrogen and oxygen atoms in total. The number of nitrogens with zero attached hydrogens (tertiary/aromatic N) is 1. The lowest BCUT2D eigenvalue weighted by atomic mass is 10.2. The fourth-order valence-corrected chi connectivity index (χ4v) is 3.62. The average molecular weight is 298 g/mol. The summed E-state index contributed by atoms with van der Waals surface area (Å²) in [6.45, 7) is 1.81. The first-order chi connectivity index (χ1) is 8.98. The van der Waals surface area contributed by atoms with Gasteiger partial charge in [0.2, 0.25) is 10.0 Å². The molecule has 1 aromatic carbocycles. The van der Waals surface area contributed by atoms with Crippen molar-refractivity contribution in [3.63, 3.8) is 0 Å². The number of sulfonamides is 1. The summed E-state index contributed by atoms with van der Waals surface area (Å²) in [7, 11) is -3.46. The van der Waals surface area contributed by atoms with Crippen molar-refractivity contribution in [3.8, 4) is 0 Å². The highest BCUT2D eigenvalue weighted by atomic mass is 32.2. The van der Waals surface area contributed by atoms with Crippen LogP contribution in [-0.4, -0.2) is 18.5 Å². The number of hydrogen-bond acceptors (Lipinski definition) is 5. The van der Waals surface area contributed by atoms with Gasteiger partial charge in [-0.2, -0.15) is 0 Å². The summed E-state index contributed by atoms with van der Waals surface area (Å²) in [6, 6.07) is 6.80. The molecule has 102 valence electrons. The Morgan fingerprint density at radius 1 is 1.26 bits per heavy atom. The van der Waals surface area contributed by atoms with Crippen molar-refractivity contribution < 1.29 is 13.5 Å². The number of anilines is 1.